The van der Waals surface area contributed by atoms with E-state index < -0.39 is 0 Å². The third-order valence-corrected chi connectivity index (χ3v) is 2.66. The molecule has 0 aliphatic carbocycles. The molecule has 2 N–H and O–H groups in total. The van der Waals surface area contributed by atoms with E-state index in [2.05, 4.69) is 15.6 Å². The minimum Gasteiger partial charge on any atom is -0.385 e. The number of rotatable bonds is 4. The van der Waals surface area contributed by atoms with Crippen LogP contribution in [-0.4, -0.2) is 24.1 Å². The van der Waals surface area contributed by atoms with Gasteiger partial charge in [0, 0.05) is 30.7 Å². The molecule has 0 amide bonds. The Morgan fingerprint density at radius 1 is 1.43 bits per heavy atom. The Morgan fingerprint density at radius 3 is 3.00 bits per heavy atom. The van der Waals surface area contributed by atoms with Gasteiger partial charge in [-0.2, -0.15) is 0 Å². The van der Waals surface area contributed by atoms with Gasteiger partial charge in [-0.1, -0.05) is 0 Å². The molecule has 1 aliphatic heterocycles. The van der Waals surface area contributed by atoms with E-state index in [0.29, 0.717) is 0 Å². The number of aromatic nitrogens is 1. The number of nitrogens with one attached hydrogen (secondary N) is 2. The molecule has 1 fully saturated rings. The topological polar surface area (TPSA) is 37.0 Å². The highest BCUT2D eigenvalue weighted by Crippen LogP contribution is 2.09. The summed E-state index contributed by atoms with van der Waals surface area (Å²) in [5, 5.41) is 6.88. The number of hydrogen-bond acceptors (Lipinski definition) is 3. The van der Waals surface area contributed by atoms with Crippen molar-refractivity contribution in [2.45, 2.75) is 25.3 Å². The molecule has 3 nitrogen and oxygen atoms in total. The standard InChI is InChI=1S/C11H17N3/c1-2-10(13-6-1)5-9-14-11-3-7-12-8-4-11/h3-4,7-8,10,13H,1-2,5-6,9H2,(H,12,14)/t10-/m1/s1. The summed E-state index contributed by atoms with van der Waals surface area (Å²) >= 11 is 0. The van der Waals surface area contributed by atoms with Crippen molar-refractivity contribution >= 4 is 5.69 Å². The third kappa shape index (κ3) is 2.70. The van der Waals surface area contributed by atoms with Crippen molar-refractivity contribution < 1.29 is 0 Å². The quantitative estimate of drug-likeness (QED) is 0.759. The molecule has 1 aromatic heterocycles. The van der Waals surface area contributed by atoms with Crippen LogP contribution >= 0.6 is 0 Å². The van der Waals surface area contributed by atoms with E-state index in [4.69, 9.17) is 0 Å². The Hall–Kier alpha value is -1.09. The molecule has 1 aliphatic rings. The van der Waals surface area contributed by atoms with Crippen molar-refractivity contribution in [3.05, 3.63) is 24.5 Å². The minimum absolute atomic E-state index is 0.726. The predicted octanol–water partition coefficient (Wildman–Crippen LogP) is 1.64. The summed E-state index contributed by atoms with van der Waals surface area (Å²) in [5.74, 6) is 0. The maximum Gasteiger partial charge on any atom is 0.0371 e. The van der Waals surface area contributed by atoms with E-state index in [1.165, 1.54) is 25.8 Å². The molecule has 0 radical (unpaired) electrons. The van der Waals surface area contributed by atoms with Crippen LogP contribution in [0.2, 0.25) is 0 Å². The molecule has 3 heteroatoms. The van der Waals surface area contributed by atoms with Gasteiger partial charge in [-0.05, 0) is 37.9 Å². The van der Waals surface area contributed by atoms with E-state index in [9.17, 15) is 0 Å². The molecule has 2 heterocycles. The largest absolute Gasteiger partial charge is 0.385 e. The summed E-state index contributed by atoms with van der Waals surface area (Å²) in [6, 6.07) is 4.73. The van der Waals surface area contributed by atoms with Crippen LogP contribution in [0.5, 0.6) is 0 Å². The van der Waals surface area contributed by atoms with E-state index >= 15 is 0 Å². The van der Waals surface area contributed by atoms with Gasteiger partial charge in [-0.25, -0.2) is 0 Å². The third-order valence-electron chi connectivity index (χ3n) is 2.66. The van der Waals surface area contributed by atoms with Crippen molar-refractivity contribution in [1.29, 1.82) is 0 Å². The summed E-state index contributed by atoms with van der Waals surface area (Å²) in [6.07, 6.45) is 7.51. The summed E-state index contributed by atoms with van der Waals surface area (Å²) in [7, 11) is 0. The van der Waals surface area contributed by atoms with Crippen LogP contribution < -0.4 is 10.6 Å². The number of anilines is 1. The average Bonchev–Trinajstić information content (AvgIpc) is 2.72. The molecule has 1 saturated heterocycles. The predicted molar refractivity (Wildman–Crippen MR) is 58.4 cm³/mol. The lowest BCUT2D eigenvalue weighted by atomic mass is 10.1. The van der Waals surface area contributed by atoms with Crippen LogP contribution in [0.15, 0.2) is 24.5 Å². The summed E-state index contributed by atoms with van der Waals surface area (Å²) in [4.78, 5) is 3.98. The molecule has 76 valence electrons. The first-order valence-electron chi connectivity index (χ1n) is 5.32. The molecule has 14 heavy (non-hydrogen) atoms. The van der Waals surface area contributed by atoms with Crippen LogP contribution in [0.4, 0.5) is 5.69 Å². The first-order chi connectivity index (χ1) is 6.95. The number of nitrogens with zero attached hydrogens (tertiary/aromatic N) is 1. The summed E-state index contributed by atoms with van der Waals surface area (Å²) in [5.41, 5.74) is 1.16. The molecule has 1 aromatic rings. The molecule has 0 spiro atoms. The van der Waals surface area contributed by atoms with Crippen molar-refractivity contribution in [2.24, 2.45) is 0 Å². The first-order valence-corrected chi connectivity index (χ1v) is 5.32. The van der Waals surface area contributed by atoms with E-state index in [1.54, 1.807) is 0 Å². The van der Waals surface area contributed by atoms with Crippen LogP contribution in [0, 0.1) is 0 Å². The van der Waals surface area contributed by atoms with Gasteiger partial charge < -0.3 is 10.6 Å². The molecule has 2 rings (SSSR count). The highest BCUT2D eigenvalue weighted by Gasteiger charge is 2.12. The van der Waals surface area contributed by atoms with Crippen LogP contribution in [-0.2, 0) is 0 Å². The van der Waals surface area contributed by atoms with Crippen molar-refractivity contribution in [3.8, 4) is 0 Å². The van der Waals surface area contributed by atoms with Gasteiger partial charge in [0.05, 0.1) is 0 Å². The van der Waals surface area contributed by atoms with Gasteiger partial charge in [0.2, 0.25) is 0 Å². The zero-order valence-electron chi connectivity index (χ0n) is 8.37. The Bertz CT molecular complexity index is 254. The van der Waals surface area contributed by atoms with E-state index in [1.807, 2.05) is 24.5 Å². The SMILES string of the molecule is c1cc(NCC[C@H]2CCCN2)ccn1. The van der Waals surface area contributed by atoms with Crippen LogP contribution in [0.1, 0.15) is 19.3 Å². The lowest BCUT2D eigenvalue weighted by molar-refractivity contribution is 0.574. The monoisotopic (exact) mass is 191 g/mol. The van der Waals surface area contributed by atoms with Gasteiger partial charge in [-0.15, -0.1) is 0 Å². The second-order valence-corrected chi connectivity index (χ2v) is 3.74. The van der Waals surface area contributed by atoms with Gasteiger partial charge in [0.1, 0.15) is 0 Å². The fraction of sp³-hybridized carbons (Fsp3) is 0.545. The lowest BCUT2D eigenvalue weighted by Crippen LogP contribution is -2.24. The van der Waals surface area contributed by atoms with E-state index in [0.717, 1.165) is 18.3 Å². The normalized spacial score (nSPS) is 21.0. The Labute approximate surface area is 84.9 Å². The van der Waals surface area contributed by atoms with Crippen molar-refractivity contribution in [2.75, 3.05) is 18.4 Å². The fourth-order valence-electron chi connectivity index (χ4n) is 1.86. The maximum atomic E-state index is 3.98. The van der Waals surface area contributed by atoms with Crippen molar-refractivity contribution in [1.82, 2.24) is 10.3 Å². The lowest BCUT2D eigenvalue weighted by Gasteiger charge is -2.11. The summed E-state index contributed by atoms with van der Waals surface area (Å²) < 4.78 is 0. The number of pyridine rings is 1. The Kier molecular flexibility index (Phi) is 3.35. The molecule has 0 unspecified atom stereocenters. The van der Waals surface area contributed by atoms with Gasteiger partial charge in [0.15, 0.2) is 0 Å². The molecule has 1 atom stereocenters. The first kappa shape index (κ1) is 9.46. The molecular formula is C11H17N3. The van der Waals surface area contributed by atoms with Gasteiger partial charge in [-0.3, -0.25) is 4.98 Å². The summed E-state index contributed by atoms with van der Waals surface area (Å²) in [6.45, 7) is 2.24. The smallest absolute Gasteiger partial charge is 0.0371 e. The van der Waals surface area contributed by atoms with Crippen LogP contribution in [0.3, 0.4) is 0 Å². The Balaban J connectivity index is 1.67. The molecule has 0 bridgehead atoms. The van der Waals surface area contributed by atoms with Crippen LogP contribution in [0.25, 0.3) is 0 Å². The highest BCUT2D eigenvalue weighted by atomic mass is 14.9. The zero-order chi connectivity index (χ0) is 9.64. The Morgan fingerprint density at radius 2 is 2.29 bits per heavy atom. The average molecular weight is 191 g/mol. The highest BCUT2D eigenvalue weighted by molar-refractivity contribution is 5.40. The maximum absolute atomic E-state index is 3.98. The second kappa shape index (κ2) is 4.96. The minimum atomic E-state index is 0.726. The molecule has 0 saturated carbocycles. The second-order valence-electron chi connectivity index (χ2n) is 3.74. The van der Waals surface area contributed by atoms with Gasteiger partial charge in [0.25, 0.3) is 0 Å². The fourth-order valence-corrected chi connectivity index (χ4v) is 1.86. The number of hydrogen-bond donors (Lipinski definition) is 2. The van der Waals surface area contributed by atoms with Gasteiger partial charge >= 0.3 is 0 Å². The van der Waals surface area contributed by atoms with E-state index in [-0.39, 0.29) is 0 Å². The zero-order valence-corrected chi connectivity index (χ0v) is 8.37. The molecule has 0 aromatic carbocycles. The molecular weight excluding hydrogens is 174 g/mol. The van der Waals surface area contributed by atoms with Crippen molar-refractivity contribution in [3.63, 3.8) is 0 Å².